The van der Waals surface area contributed by atoms with Gasteiger partial charge in [-0.1, -0.05) is 24.0 Å². The second kappa shape index (κ2) is 11.8. The molecule has 0 radical (unpaired) electrons. The van der Waals surface area contributed by atoms with E-state index >= 15 is 0 Å². The van der Waals surface area contributed by atoms with Gasteiger partial charge < -0.3 is 29.1 Å². The Labute approximate surface area is 206 Å². The van der Waals surface area contributed by atoms with E-state index in [1.807, 2.05) is 6.92 Å². The molecule has 0 spiro atoms. The van der Waals surface area contributed by atoms with Gasteiger partial charge >= 0.3 is 0 Å². The van der Waals surface area contributed by atoms with Crippen LogP contribution in [0.25, 0.3) is 5.76 Å². The average Bonchev–Trinajstić information content (AvgIpc) is 3.14. The lowest BCUT2D eigenvalue weighted by Gasteiger charge is -2.29. The molecule has 8 nitrogen and oxygen atoms in total. The summed E-state index contributed by atoms with van der Waals surface area (Å²) >= 11 is 0. The predicted octanol–water partition coefficient (Wildman–Crippen LogP) is 1.25. The molecule has 2 aromatic rings. The first-order valence-corrected chi connectivity index (χ1v) is 11.9. The molecule has 2 aromatic carbocycles. The molecule has 1 atom stereocenters. The molecule has 1 amide bonds. The number of quaternary nitrogens is 1. The molecule has 1 N–H and O–H groups in total. The van der Waals surface area contributed by atoms with E-state index in [4.69, 9.17) is 14.2 Å². The number of likely N-dealkylation sites (N-methyl/N-ethyl adjacent to an activating group) is 1. The van der Waals surface area contributed by atoms with Gasteiger partial charge in [-0.2, -0.15) is 0 Å². The Balaban J connectivity index is 2.12. The van der Waals surface area contributed by atoms with E-state index in [0.29, 0.717) is 48.1 Å². The Morgan fingerprint density at radius 2 is 1.63 bits per heavy atom. The van der Waals surface area contributed by atoms with Crippen LogP contribution >= 0.6 is 0 Å². The number of ether oxygens (including phenoxy) is 3. The Bertz CT molecular complexity index is 1080. The van der Waals surface area contributed by atoms with Crippen molar-refractivity contribution >= 4 is 17.4 Å². The van der Waals surface area contributed by atoms with Crippen LogP contribution in [-0.4, -0.2) is 63.6 Å². The minimum atomic E-state index is -0.816. The van der Waals surface area contributed by atoms with Gasteiger partial charge in [0.15, 0.2) is 11.5 Å². The zero-order valence-electron chi connectivity index (χ0n) is 21.1. The van der Waals surface area contributed by atoms with Crippen molar-refractivity contribution in [1.29, 1.82) is 0 Å². The number of hydrogen-bond donors (Lipinski definition) is 1. The molecule has 1 fully saturated rings. The Morgan fingerprint density at radius 3 is 2.20 bits per heavy atom. The lowest BCUT2D eigenvalue weighted by molar-refractivity contribution is -0.895. The summed E-state index contributed by atoms with van der Waals surface area (Å²) in [6, 6.07) is 11.0. The van der Waals surface area contributed by atoms with Gasteiger partial charge in [-0.3, -0.25) is 9.59 Å². The number of nitrogens with zero attached hydrogens (tertiary/aromatic N) is 1. The molecular weight excluding hydrogens is 448 g/mol. The Kier molecular flexibility index (Phi) is 8.76. The van der Waals surface area contributed by atoms with Crippen LogP contribution in [0.4, 0.5) is 0 Å². The number of Topliss-reactive ketones (excluding diaryl/α,β-unsaturated/α-hetero) is 1. The molecule has 0 saturated carbocycles. The maximum atomic E-state index is 13.6. The standard InChI is InChI=1S/C27H34N2O6/c1-6-28(7-2)15-16-29-24(19-11-14-21(33-4)22(17-19)34-5)23(26(31)27(29)32)25(30)18-9-12-20(13-10-18)35-8-3/h9-14,17,24,30H,6-8,15-16H2,1-5H3. The fourth-order valence-corrected chi connectivity index (χ4v) is 4.38. The fourth-order valence-electron chi connectivity index (χ4n) is 4.38. The third-order valence-corrected chi connectivity index (χ3v) is 6.39. The Hall–Kier alpha value is -3.52. The summed E-state index contributed by atoms with van der Waals surface area (Å²) in [5.41, 5.74) is 0.887. The van der Waals surface area contributed by atoms with Gasteiger partial charge in [0.2, 0.25) is 5.78 Å². The first-order chi connectivity index (χ1) is 16.9. The second-order valence-corrected chi connectivity index (χ2v) is 8.25. The molecule has 3 rings (SSSR count). The highest BCUT2D eigenvalue weighted by Gasteiger charge is 2.44. The molecule has 0 aromatic heterocycles. The summed E-state index contributed by atoms with van der Waals surface area (Å²) in [6.07, 6.45) is 0. The first kappa shape index (κ1) is 26.1. The highest BCUT2D eigenvalue weighted by Crippen LogP contribution is 2.41. The molecule has 0 aliphatic carbocycles. The minimum Gasteiger partial charge on any atom is -0.872 e. The number of methoxy groups -OCH3 is 2. The van der Waals surface area contributed by atoms with Crippen LogP contribution in [0.3, 0.4) is 0 Å². The number of carbonyl (C=O) groups excluding carboxylic acids is 2. The zero-order chi connectivity index (χ0) is 25.5. The highest BCUT2D eigenvalue weighted by atomic mass is 16.5. The maximum Gasteiger partial charge on any atom is 0.295 e. The van der Waals surface area contributed by atoms with Gasteiger partial charge in [0.1, 0.15) is 5.75 Å². The van der Waals surface area contributed by atoms with Crippen molar-refractivity contribution in [1.82, 2.24) is 4.90 Å². The van der Waals surface area contributed by atoms with Gasteiger partial charge in [0, 0.05) is 5.57 Å². The van der Waals surface area contributed by atoms with Crippen molar-refractivity contribution in [2.45, 2.75) is 26.8 Å². The Morgan fingerprint density at radius 1 is 0.971 bits per heavy atom. The third kappa shape index (κ3) is 5.43. The summed E-state index contributed by atoms with van der Waals surface area (Å²) in [7, 11) is 3.05. The topological polar surface area (TPSA) is 92.6 Å². The van der Waals surface area contributed by atoms with Crippen LogP contribution < -0.4 is 24.2 Å². The van der Waals surface area contributed by atoms with Crippen molar-refractivity contribution in [3.63, 3.8) is 0 Å². The van der Waals surface area contributed by atoms with E-state index in [9.17, 15) is 14.7 Å². The smallest absolute Gasteiger partial charge is 0.295 e. The van der Waals surface area contributed by atoms with E-state index in [1.54, 1.807) is 42.5 Å². The van der Waals surface area contributed by atoms with Gasteiger partial charge in [0.05, 0.1) is 53.0 Å². The lowest BCUT2D eigenvalue weighted by Crippen LogP contribution is -3.12. The monoisotopic (exact) mass is 482 g/mol. The van der Waals surface area contributed by atoms with Crippen molar-refractivity contribution in [2.24, 2.45) is 0 Å². The van der Waals surface area contributed by atoms with E-state index in [2.05, 4.69) is 13.8 Å². The molecule has 1 saturated heterocycles. The fraction of sp³-hybridized carbons (Fsp3) is 0.407. The molecule has 35 heavy (non-hydrogen) atoms. The molecule has 1 aliphatic heterocycles. The first-order valence-electron chi connectivity index (χ1n) is 11.9. The quantitative estimate of drug-likeness (QED) is 0.295. The molecule has 0 bridgehead atoms. The summed E-state index contributed by atoms with van der Waals surface area (Å²) in [5.74, 6) is -0.291. The summed E-state index contributed by atoms with van der Waals surface area (Å²) in [4.78, 5) is 29.2. The number of rotatable bonds is 11. The summed E-state index contributed by atoms with van der Waals surface area (Å²) in [5, 5.41) is 13.6. The SMILES string of the molecule is CCOc1ccc(C([O-])=C2C(=O)C(=O)N(CC[NH+](CC)CC)C2c2ccc(OC)c(OC)c2)cc1. The van der Waals surface area contributed by atoms with Crippen LogP contribution in [0.15, 0.2) is 48.0 Å². The lowest BCUT2D eigenvalue weighted by atomic mass is 9.95. The van der Waals surface area contributed by atoms with Crippen LogP contribution in [0.1, 0.15) is 37.9 Å². The second-order valence-electron chi connectivity index (χ2n) is 8.25. The van der Waals surface area contributed by atoms with Gasteiger partial charge in [-0.05, 0) is 56.2 Å². The molecule has 1 heterocycles. The van der Waals surface area contributed by atoms with E-state index < -0.39 is 23.5 Å². The number of amides is 1. The van der Waals surface area contributed by atoms with E-state index in [1.165, 1.54) is 24.0 Å². The number of carbonyl (C=O) groups is 2. The van der Waals surface area contributed by atoms with Crippen LogP contribution in [0.2, 0.25) is 0 Å². The molecule has 1 unspecified atom stereocenters. The highest BCUT2D eigenvalue weighted by molar-refractivity contribution is 6.46. The van der Waals surface area contributed by atoms with E-state index in [-0.39, 0.29) is 5.57 Å². The summed E-state index contributed by atoms with van der Waals surface area (Å²) < 4.78 is 16.3. The average molecular weight is 483 g/mol. The number of hydrogen-bond acceptors (Lipinski definition) is 6. The third-order valence-electron chi connectivity index (χ3n) is 6.39. The minimum absolute atomic E-state index is 0.0547. The molecule has 8 heteroatoms. The van der Waals surface area contributed by atoms with Crippen LogP contribution in [0.5, 0.6) is 17.2 Å². The van der Waals surface area contributed by atoms with Gasteiger partial charge in [0.25, 0.3) is 5.91 Å². The molecule has 1 aliphatic rings. The molecule has 188 valence electrons. The molecular formula is C27H34N2O6. The summed E-state index contributed by atoms with van der Waals surface area (Å²) in [6.45, 7) is 9.34. The number of benzene rings is 2. The maximum absolute atomic E-state index is 13.6. The van der Waals surface area contributed by atoms with Gasteiger partial charge in [-0.15, -0.1) is 0 Å². The largest absolute Gasteiger partial charge is 0.872 e. The van der Waals surface area contributed by atoms with Crippen molar-refractivity contribution in [3.05, 3.63) is 59.2 Å². The van der Waals surface area contributed by atoms with Crippen molar-refractivity contribution < 1.29 is 33.8 Å². The van der Waals surface area contributed by atoms with Crippen LogP contribution in [-0.2, 0) is 9.59 Å². The predicted molar refractivity (Wildman–Crippen MR) is 130 cm³/mol. The van der Waals surface area contributed by atoms with Gasteiger partial charge in [-0.25, -0.2) is 0 Å². The van der Waals surface area contributed by atoms with Crippen LogP contribution in [0, 0.1) is 0 Å². The number of nitrogens with one attached hydrogen (secondary N) is 1. The van der Waals surface area contributed by atoms with Crippen molar-refractivity contribution in [2.75, 3.05) is 47.0 Å². The number of ketones is 1. The van der Waals surface area contributed by atoms with Crippen molar-refractivity contribution in [3.8, 4) is 17.2 Å². The normalized spacial score (nSPS) is 17.2. The van der Waals surface area contributed by atoms with E-state index in [0.717, 1.165) is 13.1 Å². The number of likely N-dealkylation sites (tertiary alicyclic amines) is 1. The zero-order valence-corrected chi connectivity index (χ0v) is 21.1.